The first-order valence-corrected chi connectivity index (χ1v) is 6.91. The molecule has 21 heavy (non-hydrogen) atoms. The quantitative estimate of drug-likeness (QED) is 0.833. The summed E-state index contributed by atoms with van der Waals surface area (Å²) in [5, 5.41) is 0. The van der Waals surface area contributed by atoms with Crippen molar-refractivity contribution in [1.82, 2.24) is 4.90 Å². The molecule has 0 saturated carbocycles. The van der Waals surface area contributed by atoms with Crippen LogP contribution in [0.5, 0.6) is 5.75 Å². The number of carbonyl (C=O) groups is 1. The molecule has 0 aromatic heterocycles. The van der Waals surface area contributed by atoms with Crippen molar-refractivity contribution in [2.75, 3.05) is 6.54 Å². The lowest BCUT2D eigenvalue weighted by atomic mass is 10.1. The molecule has 1 unspecified atom stereocenters. The maximum absolute atomic E-state index is 12.1. The highest BCUT2D eigenvalue weighted by atomic mass is 19.4. The number of likely N-dealkylation sites (tertiary alicyclic amines) is 1. The van der Waals surface area contributed by atoms with Gasteiger partial charge in [-0.1, -0.05) is 12.1 Å². The van der Waals surface area contributed by atoms with Crippen LogP contribution in [-0.4, -0.2) is 29.6 Å². The molecule has 1 aliphatic rings. The van der Waals surface area contributed by atoms with Crippen LogP contribution in [-0.2, 0) is 11.3 Å². The molecule has 0 aliphatic carbocycles. The lowest BCUT2D eigenvalue weighted by Gasteiger charge is -2.23. The molecular formula is C15H18F3NO2. The van der Waals surface area contributed by atoms with E-state index in [-0.39, 0.29) is 17.6 Å². The predicted octanol–water partition coefficient (Wildman–Crippen LogP) is 3.53. The highest BCUT2D eigenvalue weighted by molar-refractivity contribution is 5.76. The molecular weight excluding hydrogens is 283 g/mol. The van der Waals surface area contributed by atoms with E-state index in [2.05, 4.69) is 9.64 Å². The third-order valence-corrected chi connectivity index (χ3v) is 3.56. The van der Waals surface area contributed by atoms with Crippen LogP contribution in [0.25, 0.3) is 0 Å². The minimum atomic E-state index is -4.66. The highest BCUT2D eigenvalue weighted by Gasteiger charge is 2.31. The van der Waals surface area contributed by atoms with Crippen LogP contribution < -0.4 is 4.74 Å². The van der Waals surface area contributed by atoms with Crippen LogP contribution in [0.3, 0.4) is 0 Å². The molecule has 0 N–H and O–H groups in total. The standard InChI is InChI=1S/C15H18F3NO2/c1-11(20)9-13-3-2-8-19(13)10-12-4-6-14(7-5-12)21-15(16,17)18/h4-7,13H,2-3,8-10H2,1H3. The first-order valence-electron chi connectivity index (χ1n) is 6.91. The Balaban J connectivity index is 1.95. The second-order valence-electron chi connectivity index (χ2n) is 5.36. The summed E-state index contributed by atoms with van der Waals surface area (Å²) in [5.41, 5.74) is 0.917. The van der Waals surface area contributed by atoms with Gasteiger partial charge in [0, 0.05) is 19.0 Å². The van der Waals surface area contributed by atoms with Gasteiger partial charge < -0.3 is 4.74 Å². The van der Waals surface area contributed by atoms with Crippen molar-refractivity contribution in [3.05, 3.63) is 29.8 Å². The zero-order valence-corrected chi connectivity index (χ0v) is 11.8. The molecule has 1 heterocycles. The Morgan fingerprint density at radius 1 is 1.33 bits per heavy atom. The molecule has 3 nitrogen and oxygen atoms in total. The van der Waals surface area contributed by atoms with Gasteiger partial charge in [-0.15, -0.1) is 13.2 Å². The van der Waals surface area contributed by atoms with E-state index >= 15 is 0 Å². The normalized spacial score (nSPS) is 19.7. The van der Waals surface area contributed by atoms with E-state index in [9.17, 15) is 18.0 Å². The molecule has 1 fully saturated rings. The number of rotatable bonds is 5. The van der Waals surface area contributed by atoms with Crippen molar-refractivity contribution >= 4 is 5.78 Å². The van der Waals surface area contributed by atoms with Gasteiger partial charge in [0.05, 0.1) is 0 Å². The molecule has 0 spiro atoms. The third kappa shape index (κ3) is 5.04. The minimum absolute atomic E-state index is 0.167. The molecule has 6 heteroatoms. The van der Waals surface area contributed by atoms with Gasteiger partial charge in [0.25, 0.3) is 0 Å². The molecule has 0 amide bonds. The first-order chi connectivity index (χ1) is 9.83. The van der Waals surface area contributed by atoms with Crippen molar-refractivity contribution in [2.45, 2.75) is 45.1 Å². The van der Waals surface area contributed by atoms with Crippen molar-refractivity contribution in [2.24, 2.45) is 0 Å². The molecule has 1 saturated heterocycles. The van der Waals surface area contributed by atoms with Gasteiger partial charge in [-0.25, -0.2) is 0 Å². The molecule has 0 radical (unpaired) electrons. The number of benzene rings is 1. The summed E-state index contributed by atoms with van der Waals surface area (Å²) >= 11 is 0. The smallest absolute Gasteiger partial charge is 0.406 e. The summed E-state index contributed by atoms with van der Waals surface area (Å²) < 4.78 is 40.1. The van der Waals surface area contributed by atoms with Gasteiger partial charge in [0.15, 0.2) is 0 Å². The van der Waals surface area contributed by atoms with E-state index in [0.29, 0.717) is 13.0 Å². The summed E-state index contributed by atoms with van der Waals surface area (Å²) in [6.07, 6.45) is -2.08. The summed E-state index contributed by atoms with van der Waals surface area (Å²) in [7, 11) is 0. The molecule has 116 valence electrons. The number of ketones is 1. The fourth-order valence-corrected chi connectivity index (χ4v) is 2.70. The lowest BCUT2D eigenvalue weighted by Crippen LogP contribution is -2.30. The van der Waals surface area contributed by atoms with Gasteiger partial charge in [-0.05, 0) is 44.0 Å². The lowest BCUT2D eigenvalue weighted by molar-refractivity contribution is -0.274. The van der Waals surface area contributed by atoms with Crippen molar-refractivity contribution < 1.29 is 22.7 Å². The van der Waals surface area contributed by atoms with Crippen LogP contribution in [0, 0.1) is 0 Å². The Hall–Kier alpha value is -1.56. The predicted molar refractivity (Wildman–Crippen MR) is 71.9 cm³/mol. The van der Waals surface area contributed by atoms with Gasteiger partial charge in [0.2, 0.25) is 0 Å². The topological polar surface area (TPSA) is 29.5 Å². The maximum atomic E-state index is 12.1. The van der Waals surface area contributed by atoms with E-state index in [4.69, 9.17) is 0 Å². The summed E-state index contributed by atoms with van der Waals surface area (Å²) in [6.45, 7) is 3.14. The second kappa shape index (κ2) is 6.47. The van der Waals surface area contributed by atoms with Gasteiger partial charge in [-0.2, -0.15) is 0 Å². The minimum Gasteiger partial charge on any atom is -0.406 e. The number of hydrogen-bond donors (Lipinski definition) is 0. The Morgan fingerprint density at radius 2 is 2.00 bits per heavy atom. The Labute approximate surface area is 121 Å². The molecule has 0 bridgehead atoms. The summed E-state index contributed by atoms with van der Waals surface area (Å²) in [4.78, 5) is 13.4. The second-order valence-corrected chi connectivity index (χ2v) is 5.36. The largest absolute Gasteiger partial charge is 0.573 e. The monoisotopic (exact) mass is 301 g/mol. The zero-order valence-electron chi connectivity index (χ0n) is 11.8. The number of nitrogens with zero attached hydrogens (tertiary/aromatic N) is 1. The molecule has 1 aromatic carbocycles. The number of hydrogen-bond acceptors (Lipinski definition) is 3. The van der Waals surface area contributed by atoms with Crippen LogP contribution in [0.1, 0.15) is 31.7 Å². The van der Waals surface area contributed by atoms with E-state index in [0.717, 1.165) is 24.9 Å². The number of halogens is 3. The number of carbonyl (C=O) groups excluding carboxylic acids is 1. The van der Waals surface area contributed by atoms with Crippen molar-refractivity contribution in [3.63, 3.8) is 0 Å². The van der Waals surface area contributed by atoms with E-state index in [1.807, 2.05) is 0 Å². The van der Waals surface area contributed by atoms with Crippen LogP contribution in [0.15, 0.2) is 24.3 Å². The van der Waals surface area contributed by atoms with E-state index in [1.54, 1.807) is 19.1 Å². The number of ether oxygens (including phenoxy) is 1. The SMILES string of the molecule is CC(=O)CC1CCCN1Cc1ccc(OC(F)(F)F)cc1. The van der Waals surface area contributed by atoms with Crippen molar-refractivity contribution in [1.29, 1.82) is 0 Å². The van der Waals surface area contributed by atoms with Gasteiger partial charge >= 0.3 is 6.36 Å². The Kier molecular flexibility index (Phi) is 4.88. The Bertz CT molecular complexity index is 485. The van der Waals surface area contributed by atoms with Crippen LogP contribution in [0.4, 0.5) is 13.2 Å². The molecule has 1 aromatic rings. The third-order valence-electron chi connectivity index (χ3n) is 3.56. The summed E-state index contributed by atoms with van der Waals surface area (Å²) in [6, 6.07) is 6.14. The Morgan fingerprint density at radius 3 is 2.57 bits per heavy atom. The number of Topliss-reactive ketones (excluding diaryl/α,β-unsaturated/α-hetero) is 1. The summed E-state index contributed by atoms with van der Waals surface area (Å²) in [5.74, 6) is -0.0474. The van der Waals surface area contributed by atoms with Crippen molar-refractivity contribution in [3.8, 4) is 5.75 Å². The average molecular weight is 301 g/mol. The van der Waals surface area contributed by atoms with Gasteiger partial charge in [0.1, 0.15) is 11.5 Å². The maximum Gasteiger partial charge on any atom is 0.573 e. The fourth-order valence-electron chi connectivity index (χ4n) is 2.70. The molecule has 2 rings (SSSR count). The van der Waals surface area contributed by atoms with Gasteiger partial charge in [-0.3, -0.25) is 9.69 Å². The number of alkyl halides is 3. The highest BCUT2D eigenvalue weighted by Crippen LogP contribution is 2.25. The van der Waals surface area contributed by atoms with E-state index in [1.165, 1.54) is 12.1 Å². The van der Waals surface area contributed by atoms with Crippen LogP contribution >= 0.6 is 0 Å². The molecule has 1 aliphatic heterocycles. The fraction of sp³-hybridized carbons (Fsp3) is 0.533. The zero-order chi connectivity index (χ0) is 15.5. The first kappa shape index (κ1) is 15.8. The average Bonchev–Trinajstić information content (AvgIpc) is 2.76. The van der Waals surface area contributed by atoms with E-state index < -0.39 is 6.36 Å². The van der Waals surface area contributed by atoms with Crippen LogP contribution in [0.2, 0.25) is 0 Å². The molecule has 1 atom stereocenters.